The van der Waals surface area contributed by atoms with Crippen molar-refractivity contribution in [3.05, 3.63) is 47.2 Å². The fourth-order valence-electron chi connectivity index (χ4n) is 3.77. The number of hydrogen-bond donors (Lipinski definition) is 1. The molecular formula is C21H19N3O5S3. The summed E-state index contributed by atoms with van der Waals surface area (Å²) in [5.74, 6) is 0.810. The van der Waals surface area contributed by atoms with Gasteiger partial charge in [0.1, 0.15) is 15.9 Å². The van der Waals surface area contributed by atoms with E-state index in [9.17, 15) is 13.2 Å². The van der Waals surface area contributed by atoms with Gasteiger partial charge in [-0.25, -0.2) is 13.4 Å². The molecule has 4 aromatic rings. The molecule has 32 heavy (non-hydrogen) atoms. The number of sulfonamides is 1. The minimum absolute atomic E-state index is 0.244. The Morgan fingerprint density at radius 3 is 2.94 bits per heavy atom. The van der Waals surface area contributed by atoms with Crippen LogP contribution in [0.2, 0.25) is 0 Å². The van der Waals surface area contributed by atoms with Crippen molar-refractivity contribution in [2.75, 3.05) is 19.0 Å². The number of nitrogens with one attached hydrogen (secondary N) is 1. The van der Waals surface area contributed by atoms with E-state index in [1.807, 2.05) is 24.3 Å². The molecular weight excluding hydrogens is 470 g/mol. The summed E-state index contributed by atoms with van der Waals surface area (Å²) in [7, 11) is -2.11. The number of hydrogen-bond acceptors (Lipinski definition) is 8. The van der Waals surface area contributed by atoms with Crippen LogP contribution in [0.25, 0.3) is 22.4 Å². The number of carbonyl (C=O) groups excluding carboxylic acids is 1. The van der Waals surface area contributed by atoms with Crippen molar-refractivity contribution >= 4 is 54.7 Å². The molecule has 1 N–H and O–H groups in total. The van der Waals surface area contributed by atoms with Crippen molar-refractivity contribution in [2.24, 2.45) is 0 Å². The van der Waals surface area contributed by atoms with Crippen LogP contribution in [-0.4, -0.2) is 43.3 Å². The number of ether oxygens (including phenoxy) is 1. The molecule has 0 bridgehead atoms. The number of amides is 1. The topological polar surface area (TPSA) is 102 Å². The Morgan fingerprint density at radius 1 is 1.28 bits per heavy atom. The Labute approximate surface area is 192 Å². The van der Waals surface area contributed by atoms with Crippen LogP contribution < -0.4 is 10.1 Å². The highest BCUT2D eigenvalue weighted by Gasteiger charge is 2.40. The molecule has 0 saturated carbocycles. The van der Waals surface area contributed by atoms with Gasteiger partial charge in [-0.2, -0.15) is 4.31 Å². The third-order valence-electron chi connectivity index (χ3n) is 5.28. The number of nitrogens with zero attached hydrogens (tertiary/aromatic N) is 2. The zero-order valence-corrected chi connectivity index (χ0v) is 19.4. The van der Waals surface area contributed by atoms with Crippen LogP contribution in [0.4, 0.5) is 5.13 Å². The van der Waals surface area contributed by atoms with Crippen LogP contribution in [0.15, 0.2) is 55.8 Å². The number of thiazole rings is 1. The molecule has 11 heteroatoms. The third-order valence-corrected chi connectivity index (χ3v) is 9.32. The summed E-state index contributed by atoms with van der Waals surface area (Å²) in [4.78, 5) is 17.4. The maximum absolute atomic E-state index is 12.9. The number of thiophene rings is 1. The Hall–Kier alpha value is -2.73. The smallest absolute Gasteiger partial charge is 0.253 e. The molecule has 4 heterocycles. The third kappa shape index (κ3) is 3.71. The Morgan fingerprint density at radius 2 is 2.16 bits per heavy atom. The molecule has 0 unspecified atom stereocenters. The van der Waals surface area contributed by atoms with Crippen LogP contribution in [0.5, 0.6) is 5.75 Å². The highest BCUT2D eigenvalue weighted by molar-refractivity contribution is 7.91. The lowest BCUT2D eigenvalue weighted by molar-refractivity contribution is -0.119. The Bertz CT molecular complexity index is 1370. The van der Waals surface area contributed by atoms with E-state index in [1.54, 1.807) is 30.0 Å². The summed E-state index contributed by atoms with van der Waals surface area (Å²) in [5, 5.41) is 7.55. The molecule has 1 fully saturated rings. The fraction of sp³-hybridized carbons (Fsp3) is 0.238. The lowest BCUT2D eigenvalue weighted by atomic mass is 10.2. The number of para-hydroxylation sites is 1. The molecule has 1 amide bonds. The van der Waals surface area contributed by atoms with Gasteiger partial charge in [0.05, 0.1) is 7.11 Å². The number of fused-ring (bicyclic) bond motifs is 1. The molecule has 1 atom stereocenters. The number of methoxy groups -OCH3 is 1. The summed E-state index contributed by atoms with van der Waals surface area (Å²) in [5.41, 5.74) is 1.21. The average Bonchev–Trinajstić information content (AvgIpc) is 3.58. The summed E-state index contributed by atoms with van der Waals surface area (Å²) >= 11 is 2.41. The normalized spacial score (nSPS) is 17.1. The minimum atomic E-state index is -3.69. The van der Waals surface area contributed by atoms with Crippen LogP contribution in [0, 0.1) is 0 Å². The van der Waals surface area contributed by atoms with Crippen LogP contribution in [0.1, 0.15) is 12.8 Å². The van der Waals surface area contributed by atoms with Crippen molar-refractivity contribution < 1.29 is 22.4 Å². The van der Waals surface area contributed by atoms with Crippen LogP contribution in [0.3, 0.4) is 0 Å². The largest absolute Gasteiger partial charge is 0.493 e. The van der Waals surface area contributed by atoms with Gasteiger partial charge in [0.15, 0.2) is 22.2 Å². The molecule has 166 valence electrons. The molecule has 5 rings (SSSR count). The van der Waals surface area contributed by atoms with Gasteiger partial charge in [-0.05, 0) is 36.4 Å². The number of rotatable bonds is 6. The molecule has 1 aromatic carbocycles. The maximum Gasteiger partial charge on any atom is 0.253 e. The van der Waals surface area contributed by atoms with Gasteiger partial charge < -0.3 is 14.5 Å². The van der Waals surface area contributed by atoms with Crippen LogP contribution in [-0.2, 0) is 14.8 Å². The maximum atomic E-state index is 12.9. The summed E-state index contributed by atoms with van der Waals surface area (Å²) < 4.78 is 38.6. The van der Waals surface area contributed by atoms with E-state index in [0.29, 0.717) is 47.3 Å². The van der Waals surface area contributed by atoms with E-state index in [0.717, 1.165) is 16.7 Å². The molecule has 8 nitrogen and oxygen atoms in total. The first-order chi connectivity index (χ1) is 15.5. The first kappa shape index (κ1) is 21.1. The lowest BCUT2D eigenvalue weighted by Crippen LogP contribution is -2.42. The minimum Gasteiger partial charge on any atom is -0.493 e. The number of furan rings is 1. The molecule has 1 saturated heterocycles. The second kappa shape index (κ2) is 8.32. The second-order valence-electron chi connectivity index (χ2n) is 7.22. The average molecular weight is 490 g/mol. The zero-order chi connectivity index (χ0) is 22.3. The van der Waals surface area contributed by atoms with E-state index in [-0.39, 0.29) is 10.1 Å². The standard InChI is InChI=1S/C21H19N3O5S3/c1-28-16-7-2-5-13-11-17(29-19(13)16)14-12-31-21(22-14)23-20(25)15-6-3-9-24(15)32(26,27)18-8-4-10-30-18/h2,4-5,7-8,10-12,15H,3,6,9H2,1H3,(H,22,23,25)/t15-/m0/s1. The van der Waals surface area contributed by atoms with Gasteiger partial charge >= 0.3 is 0 Å². The SMILES string of the molecule is COc1cccc2cc(-c3csc(NC(=O)[C@@H]4CCCN4S(=O)(=O)c4cccs4)n3)oc12. The van der Waals surface area contributed by atoms with Crippen molar-refractivity contribution in [3.63, 3.8) is 0 Å². The number of anilines is 1. The van der Waals surface area contributed by atoms with Gasteiger partial charge in [0, 0.05) is 17.3 Å². The molecule has 1 aliphatic rings. The van der Waals surface area contributed by atoms with Crippen molar-refractivity contribution in [3.8, 4) is 17.2 Å². The second-order valence-corrected chi connectivity index (χ2v) is 11.1. The van der Waals surface area contributed by atoms with Gasteiger partial charge in [-0.3, -0.25) is 4.79 Å². The van der Waals surface area contributed by atoms with E-state index in [1.165, 1.54) is 15.6 Å². The van der Waals surface area contributed by atoms with Gasteiger partial charge in [-0.15, -0.1) is 22.7 Å². The highest BCUT2D eigenvalue weighted by atomic mass is 32.2. The predicted molar refractivity (Wildman–Crippen MR) is 124 cm³/mol. The molecule has 3 aromatic heterocycles. The van der Waals surface area contributed by atoms with Crippen molar-refractivity contribution in [1.82, 2.24) is 9.29 Å². The van der Waals surface area contributed by atoms with E-state index < -0.39 is 16.1 Å². The Balaban J connectivity index is 1.35. The van der Waals surface area contributed by atoms with Crippen molar-refractivity contribution in [2.45, 2.75) is 23.1 Å². The summed E-state index contributed by atoms with van der Waals surface area (Å²) in [6.07, 6.45) is 1.10. The molecule has 1 aliphatic heterocycles. The monoisotopic (exact) mass is 489 g/mol. The van der Waals surface area contributed by atoms with E-state index >= 15 is 0 Å². The highest BCUT2D eigenvalue weighted by Crippen LogP contribution is 2.35. The first-order valence-electron chi connectivity index (χ1n) is 9.86. The zero-order valence-electron chi connectivity index (χ0n) is 17.0. The predicted octanol–water partition coefficient (Wildman–Crippen LogP) is 4.42. The quantitative estimate of drug-likeness (QED) is 0.430. The first-order valence-corrected chi connectivity index (χ1v) is 13.1. The summed E-state index contributed by atoms with van der Waals surface area (Å²) in [6.45, 7) is 0.322. The lowest BCUT2D eigenvalue weighted by Gasteiger charge is -2.22. The van der Waals surface area contributed by atoms with E-state index in [2.05, 4.69) is 10.3 Å². The summed E-state index contributed by atoms with van der Waals surface area (Å²) in [6, 6.07) is 9.97. The fourth-order valence-corrected chi connectivity index (χ4v) is 7.25. The molecule has 0 spiro atoms. The van der Waals surface area contributed by atoms with Gasteiger partial charge in [-0.1, -0.05) is 18.2 Å². The van der Waals surface area contributed by atoms with E-state index in [4.69, 9.17) is 9.15 Å². The van der Waals surface area contributed by atoms with Gasteiger partial charge in [0.25, 0.3) is 10.0 Å². The number of aromatic nitrogens is 1. The van der Waals surface area contributed by atoms with Crippen LogP contribution >= 0.6 is 22.7 Å². The van der Waals surface area contributed by atoms with Crippen molar-refractivity contribution in [1.29, 1.82) is 0 Å². The number of benzene rings is 1. The Kier molecular flexibility index (Phi) is 5.49. The number of carbonyl (C=O) groups is 1. The molecule has 0 radical (unpaired) electrons. The molecule has 0 aliphatic carbocycles. The van der Waals surface area contributed by atoms with Gasteiger partial charge in [0.2, 0.25) is 5.91 Å².